The molecular formula is C23H34N4O4S. The molecule has 32 heavy (non-hydrogen) atoms. The third-order valence-electron chi connectivity index (χ3n) is 4.99. The molecule has 0 spiro atoms. The van der Waals surface area contributed by atoms with Crippen LogP contribution in [0, 0.1) is 0 Å². The van der Waals surface area contributed by atoms with E-state index >= 15 is 0 Å². The first kappa shape index (κ1) is 25.5. The summed E-state index contributed by atoms with van der Waals surface area (Å²) in [6.45, 7) is 7.25. The van der Waals surface area contributed by atoms with Crippen LogP contribution in [-0.4, -0.2) is 51.9 Å². The van der Waals surface area contributed by atoms with Gasteiger partial charge in [-0.3, -0.25) is 4.79 Å². The lowest BCUT2D eigenvalue weighted by molar-refractivity contribution is -0.114. The number of benzene rings is 2. The van der Waals surface area contributed by atoms with Crippen molar-refractivity contribution in [2.24, 2.45) is 0 Å². The molecule has 9 heteroatoms. The number of nitrogens with one attached hydrogen (secondary N) is 3. The Kier molecular flexibility index (Phi) is 9.80. The first-order valence-corrected chi connectivity index (χ1v) is 12.4. The van der Waals surface area contributed by atoms with Gasteiger partial charge in [-0.2, -0.15) is 4.31 Å². The molecule has 0 radical (unpaired) electrons. The average molecular weight is 463 g/mol. The van der Waals surface area contributed by atoms with Crippen LogP contribution in [-0.2, 0) is 14.8 Å². The van der Waals surface area contributed by atoms with Gasteiger partial charge in [-0.1, -0.05) is 27.2 Å². The normalized spacial score (nSPS) is 11.3. The van der Waals surface area contributed by atoms with Gasteiger partial charge < -0.3 is 20.7 Å². The number of hydrogen-bond acceptors (Lipinski definition) is 6. The van der Waals surface area contributed by atoms with Crippen molar-refractivity contribution in [3.8, 4) is 5.75 Å². The summed E-state index contributed by atoms with van der Waals surface area (Å²) < 4.78 is 32.4. The molecule has 1 amide bonds. The van der Waals surface area contributed by atoms with Crippen molar-refractivity contribution in [2.45, 2.75) is 38.5 Å². The molecule has 0 bridgehead atoms. The maximum Gasteiger partial charge on any atom is 0.243 e. The molecule has 0 aliphatic heterocycles. The molecule has 0 aromatic heterocycles. The first-order chi connectivity index (χ1) is 15.3. The smallest absolute Gasteiger partial charge is 0.243 e. The van der Waals surface area contributed by atoms with Crippen LogP contribution in [0.4, 0.5) is 17.1 Å². The van der Waals surface area contributed by atoms with Crippen LogP contribution in [0.15, 0.2) is 47.4 Å². The van der Waals surface area contributed by atoms with Gasteiger partial charge >= 0.3 is 0 Å². The second-order valence-corrected chi connectivity index (χ2v) is 9.15. The monoisotopic (exact) mass is 462 g/mol. The van der Waals surface area contributed by atoms with Crippen molar-refractivity contribution < 1.29 is 17.9 Å². The number of carbonyl (C=O) groups excluding carboxylic acids is 1. The van der Waals surface area contributed by atoms with Crippen molar-refractivity contribution in [1.82, 2.24) is 4.31 Å². The third-order valence-corrected chi connectivity index (χ3v) is 7.04. The summed E-state index contributed by atoms with van der Waals surface area (Å²) in [6, 6.07) is 12.0. The van der Waals surface area contributed by atoms with Gasteiger partial charge in [-0.15, -0.1) is 0 Å². The summed E-state index contributed by atoms with van der Waals surface area (Å²) in [6.07, 6.45) is 2.02. The Balaban J connectivity index is 2.18. The van der Waals surface area contributed by atoms with Crippen molar-refractivity contribution in [1.29, 1.82) is 0 Å². The molecule has 0 saturated carbocycles. The Hall–Kier alpha value is -2.78. The molecule has 0 unspecified atom stereocenters. The van der Waals surface area contributed by atoms with Crippen LogP contribution in [0.5, 0.6) is 5.75 Å². The second kappa shape index (κ2) is 12.3. The largest absolute Gasteiger partial charge is 0.497 e. The minimum absolute atomic E-state index is 0.0107. The van der Waals surface area contributed by atoms with Gasteiger partial charge in [0.15, 0.2) is 0 Å². The first-order valence-electron chi connectivity index (χ1n) is 10.9. The lowest BCUT2D eigenvalue weighted by Gasteiger charge is -2.20. The summed E-state index contributed by atoms with van der Waals surface area (Å²) in [7, 11) is -2.02. The summed E-state index contributed by atoms with van der Waals surface area (Å²) in [4.78, 5) is 12.6. The molecule has 0 atom stereocenters. The number of carbonyl (C=O) groups is 1. The molecule has 2 aromatic rings. The van der Waals surface area contributed by atoms with Gasteiger partial charge in [-0.25, -0.2) is 8.42 Å². The van der Waals surface area contributed by atoms with E-state index in [-0.39, 0.29) is 17.3 Å². The van der Waals surface area contributed by atoms with Crippen LogP contribution in [0.2, 0.25) is 0 Å². The van der Waals surface area contributed by atoms with E-state index in [0.29, 0.717) is 30.2 Å². The fraction of sp³-hybridized carbons (Fsp3) is 0.435. The van der Waals surface area contributed by atoms with Gasteiger partial charge in [0.05, 0.1) is 29.9 Å². The molecular weight excluding hydrogens is 428 g/mol. The highest BCUT2D eigenvalue weighted by Gasteiger charge is 2.22. The predicted molar refractivity (Wildman–Crippen MR) is 130 cm³/mol. The number of unbranched alkanes of at least 4 members (excludes halogenated alkanes) is 1. The van der Waals surface area contributed by atoms with E-state index < -0.39 is 10.0 Å². The molecule has 3 N–H and O–H groups in total. The van der Waals surface area contributed by atoms with E-state index in [4.69, 9.17) is 4.74 Å². The summed E-state index contributed by atoms with van der Waals surface area (Å²) in [5, 5.41) is 9.22. The number of ether oxygens (including phenoxy) is 1. The Bertz CT molecular complexity index is 974. The molecule has 2 rings (SSSR count). The predicted octanol–water partition coefficient (Wildman–Crippen LogP) is 3.99. The highest BCUT2D eigenvalue weighted by Crippen LogP contribution is 2.27. The molecule has 0 saturated heterocycles. The standard InChI is InChI=1S/C23H34N4O4S/c1-5-8-15-24-21-14-13-20(32(29,30)27(6-2)7-3)16-22(21)25-17-23(28)26-18-9-11-19(31-4)12-10-18/h9-14,16,24-25H,5-8,15,17H2,1-4H3,(H,26,28). The topological polar surface area (TPSA) is 99.8 Å². The highest BCUT2D eigenvalue weighted by atomic mass is 32.2. The fourth-order valence-electron chi connectivity index (χ4n) is 3.15. The molecule has 0 fully saturated rings. The van der Waals surface area contributed by atoms with E-state index in [2.05, 4.69) is 22.9 Å². The van der Waals surface area contributed by atoms with Crippen molar-refractivity contribution >= 4 is 33.0 Å². The van der Waals surface area contributed by atoms with Gasteiger partial charge in [-0.05, 0) is 48.9 Å². The molecule has 2 aromatic carbocycles. The number of nitrogens with zero attached hydrogens (tertiary/aromatic N) is 1. The maximum atomic E-state index is 12.9. The molecule has 0 aliphatic rings. The number of amides is 1. The number of anilines is 3. The highest BCUT2D eigenvalue weighted by molar-refractivity contribution is 7.89. The Morgan fingerprint density at radius 3 is 2.25 bits per heavy atom. The van der Waals surface area contributed by atoms with Crippen LogP contribution in [0.25, 0.3) is 0 Å². The summed E-state index contributed by atoms with van der Waals surface area (Å²) in [5.74, 6) is 0.460. The fourth-order valence-corrected chi connectivity index (χ4v) is 4.64. The number of rotatable bonds is 13. The van der Waals surface area contributed by atoms with Crippen molar-refractivity contribution in [3.63, 3.8) is 0 Å². The quantitative estimate of drug-likeness (QED) is 0.389. The SMILES string of the molecule is CCCCNc1ccc(S(=O)(=O)N(CC)CC)cc1NCC(=O)Nc1ccc(OC)cc1. The zero-order valence-corrected chi connectivity index (χ0v) is 20.1. The van der Waals surface area contributed by atoms with Crippen molar-refractivity contribution in [3.05, 3.63) is 42.5 Å². The third kappa shape index (κ3) is 6.86. The van der Waals surface area contributed by atoms with E-state index in [9.17, 15) is 13.2 Å². The Morgan fingerprint density at radius 1 is 0.969 bits per heavy atom. The van der Waals surface area contributed by atoms with Crippen LogP contribution in [0.1, 0.15) is 33.6 Å². The van der Waals surface area contributed by atoms with Gasteiger partial charge in [0, 0.05) is 25.3 Å². The maximum absolute atomic E-state index is 12.9. The van der Waals surface area contributed by atoms with Crippen molar-refractivity contribution in [2.75, 3.05) is 49.2 Å². The van der Waals surface area contributed by atoms with E-state index in [1.807, 2.05) is 13.8 Å². The number of sulfonamides is 1. The summed E-state index contributed by atoms with van der Waals surface area (Å²) >= 11 is 0. The van der Waals surface area contributed by atoms with Crippen LogP contribution >= 0.6 is 0 Å². The van der Waals surface area contributed by atoms with Gasteiger partial charge in [0.25, 0.3) is 0 Å². The molecule has 8 nitrogen and oxygen atoms in total. The van der Waals surface area contributed by atoms with E-state index in [1.54, 1.807) is 49.6 Å². The number of hydrogen-bond donors (Lipinski definition) is 3. The minimum Gasteiger partial charge on any atom is -0.497 e. The molecule has 0 heterocycles. The molecule has 176 valence electrons. The van der Waals surface area contributed by atoms with Gasteiger partial charge in [0.1, 0.15) is 5.75 Å². The zero-order valence-electron chi connectivity index (χ0n) is 19.3. The minimum atomic E-state index is -3.61. The van der Waals surface area contributed by atoms with Crippen LogP contribution < -0.4 is 20.7 Å². The Labute approximate surface area is 191 Å². The zero-order chi connectivity index (χ0) is 23.6. The Morgan fingerprint density at radius 2 is 1.66 bits per heavy atom. The second-order valence-electron chi connectivity index (χ2n) is 7.21. The van der Waals surface area contributed by atoms with Crippen LogP contribution in [0.3, 0.4) is 0 Å². The number of methoxy groups -OCH3 is 1. The van der Waals surface area contributed by atoms with E-state index in [0.717, 1.165) is 25.1 Å². The average Bonchev–Trinajstić information content (AvgIpc) is 2.79. The molecule has 0 aliphatic carbocycles. The lowest BCUT2D eigenvalue weighted by Crippen LogP contribution is -2.30. The van der Waals surface area contributed by atoms with Gasteiger partial charge in [0.2, 0.25) is 15.9 Å². The summed E-state index contributed by atoms with van der Waals surface area (Å²) in [5.41, 5.74) is 1.98. The van der Waals surface area contributed by atoms with E-state index in [1.165, 1.54) is 4.31 Å². The lowest BCUT2D eigenvalue weighted by atomic mass is 10.2.